The molecular weight excluding hydrogens is 231 g/mol. The number of carbonyl (C=O) groups is 1. The molecule has 18 heavy (non-hydrogen) atoms. The summed E-state index contributed by atoms with van der Waals surface area (Å²) in [5.41, 5.74) is 2.13. The molecular formula is C14H11FN2O. The Kier molecular flexibility index (Phi) is 2.48. The van der Waals surface area contributed by atoms with E-state index in [-0.39, 0.29) is 11.7 Å². The van der Waals surface area contributed by atoms with Gasteiger partial charge in [0.1, 0.15) is 11.9 Å². The maximum absolute atomic E-state index is 13.2. The molecule has 2 aromatic rings. The van der Waals surface area contributed by atoms with Gasteiger partial charge in [-0.05, 0) is 30.3 Å². The highest BCUT2D eigenvalue weighted by molar-refractivity contribution is 6.04. The number of nitrogens with one attached hydrogen (secondary N) is 2. The quantitative estimate of drug-likeness (QED) is 0.850. The van der Waals surface area contributed by atoms with Crippen molar-refractivity contribution in [2.24, 2.45) is 0 Å². The van der Waals surface area contributed by atoms with Gasteiger partial charge in [-0.3, -0.25) is 4.79 Å². The fourth-order valence-corrected chi connectivity index (χ4v) is 2.08. The second-order valence-corrected chi connectivity index (χ2v) is 4.16. The maximum Gasteiger partial charge on any atom is 0.251 e. The molecule has 0 saturated heterocycles. The molecule has 0 saturated carbocycles. The van der Waals surface area contributed by atoms with Crippen LogP contribution in [0.3, 0.4) is 0 Å². The monoisotopic (exact) mass is 242 g/mol. The molecule has 0 fully saturated rings. The van der Waals surface area contributed by atoms with E-state index in [2.05, 4.69) is 10.6 Å². The zero-order chi connectivity index (χ0) is 12.5. The van der Waals surface area contributed by atoms with Crippen LogP contribution in [0, 0.1) is 5.82 Å². The lowest BCUT2D eigenvalue weighted by Gasteiger charge is -2.12. The molecule has 1 amide bonds. The number of hydrogen-bond acceptors (Lipinski definition) is 2. The standard InChI is InChI=1S/C14H11FN2O/c15-9-6-7-12-11(8-9)13(14(18)17-12)16-10-4-2-1-3-5-10/h1-8,13,16H,(H,17,18). The fourth-order valence-electron chi connectivity index (χ4n) is 2.08. The summed E-state index contributed by atoms with van der Waals surface area (Å²) in [5.74, 6) is -0.510. The first kappa shape index (κ1) is 10.8. The van der Waals surface area contributed by atoms with Crippen molar-refractivity contribution in [3.63, 3.8) is 0 Å². The first-order chi connectivity index (χ1) is 8.74. The second kappa shape index (κ2) is 4.14. The van der Waals surface area contributed by atoms with E-state index in [0.717, 1.165) is 5.69 Å². The molecule has 1 aliphatic heterocycles. The highest BCUT2D eigenvalue weighted by Crippen LogP contribution is 2.33. The van der Waals surface area contributed by atoms with Crippen molar-refractivity contribution in [3.05, 3.63) is 59.9 Å². The molecule has 0 aliphatic carbocycles. The van der Waals surface area contributed by atoms with Gasteiger partial charge in [-0.15, -0.1) is 0 Å². The van der Waals surface area contributed by atoms with Crippen molar-refractivity contribution >= 4 is 17.3 Å². The molecule has 1 unspecified atom stereocenters. The van der Waals surface area contributed by atoms with Crippen molar-refractivity contribution in [1.29, 1.82) is 0 Å². The van der Waals surface area contributed by atoms with Crippen LogP contribution in [0.25, 0.3) is 0 Å². The average Bonchev–Trinajstić information content (AvgIpc) is 2.67. The van der Waals surface area contributed by atoms with E-state index in [9.17, 15) is 9.18 Å². The lowest BCUT2D eigenvalue weighted by molar-refractivity contribution is -0.116. The van der Waals surface area contributed by atoms with Crippen LogP contribution in [0.15, 0.2) is 48.5 Å². The Labute approximate surface area is 104 Å². The number of halogens is 1. The summed E-state index contributed by atoms with van der Waals surface area (Å²) in [6.07, 6.45) is 0. The molecule has 2 N–H and O–H groups in total. The number of para-hydroxylation sites is 1. The summed E-state index contributed by atoms with van der Waals surface area (Å²) >= 11 is 0. The van der Waals surface area contributed by atoms with Crippen LogP contribution in [0.5, 0.6) is 0 Å². The number of carbonyl (C=O) groups excluding carboxylic acids is 1. The van der Waals surface area contributed by atoms with Crippen molar-refractivity contribution in [3.8, 4) is 0 Å². The van der Waals surface area contributed by atoms with Gasteiger partial charge in [0.2, 0.25) is 0 Å². The number of amides is 1. The molecule has 0 aromatic heterocycles. The highest BCUT2D eigenvalue weighted by atomic mass is 19.1. The number of anilines is 2. The Morgan fingerprint density at radius 2 is 1.89 bits per heavy atom. The van der Waals surface area contributed by atoms with E-state index in [1.54, 1.807) is 6.07 Å². The minimum atomic E-state index is -0.543. The Bertz CT molecular complexity index is 598. The third kappa shape index (κ3) is 1.82. The van der Waals surface area contributed by atoms with Crippen molar-refractivity contribution in [2.75, 3.05) is 10.6 Å². The van der Waals surface area contributed by atoms with E-state index in [1.165, 1.54) is 12.1 Å². The summed E-state index contributed by atoms with van der Waals surface area (Å²) in [7, 11) is 0. The molecule has 1 heterocycles. The smallest absolute Gasteiger partial charge is 0.251 e. The van der Waals surface area contributed by atoms with Crippen LogP contribution in [-0.2, 0) is 4.79 Å². The van der Waals surface area contributed by atoms with Gasteiger partial charge in [0.25, 0.3) is 5.91 Å². The van der Waals surface area contributed by atoms with Crippen LogP contribution in [0.2, 0.25) is 0 Å². The molecule has 90 valence electrons. The minimum absolute atomic E-state index is 0.167. The largest absolute Gasteiger partial charge is 0.370 e. The zero-order valence-corrected chi connectivity index (χ0v) is 9.48. The summed E-state index contributed by atoms with van der Waals surface area (Å²) in [5, 5.41) is 5.82. The normalized spacial score (nSPS) is 17.2. The lowest BCUT2D eigenvalue weighted by atomic mass is 10.1. The predicted octanol–water partition coefficient (Wildman–Crippen LogP) is 2.93. The minimum Gasteiger partial charge on any atom is -0.370 e. The Morgan fingerprint density at radius 1 is 1.11 bits per heavy atom. The van der Waals surface area contributed by atoms with E-state index in [4.69, 9.17) is 0 Å². The highest BCUT2D eigenvalue weighted by Gasteiger charge is 2.30. The lowest BCUT2D eigenvalue weighted by Crippen LogP contribution is -2.19. The van der Waals surface area contributed by atoms with E-state index in [1.807, 2.05) is 30.3 Å². The Morgan fingerprint density at radius 3 is 2.67 bits per heavy atom. The van der Waals surface area contributed by atoms with Gasteiger partial charge in [0, 0.05) is 16.9 Å². The molecule has 0 radical (unpaired) electrons. The molecule has 0 bridgehead atoms. The molecule has 4 heteroatoms. The summed E-state index contributed by atoms with van der Waals surface area (Å²) < 4.78 is 13.2. The molecule has 1 aliphatic rings. The summed E-state index contributed by atoms with van der Waals surface area (Å²) in [6, 6.07) is 13.1. The molecule has 3 rings (SSSR count). The van der Waals surface area contributed by atoms with Crippen LogP contribution < -0.4 is 10.6 Å². The molecule has 1 atom stereocenters. The SMILES string of the molecule is O=C1Nc2ccc(F)cc2C1Nc1ccccc1. The van der Waals surface area contributed by atoms with Gasteiger partial charge >= 0.3 is 0 Å². The predicted molar refractivity (Wildman–Crippen MR) is 67.8 cm³/mol. The van der Waals surface area contributed by atoms with E-state index >= 15 is 0 Å². The third-order valence-corrected chi connectivity index (χ3v) is 2.93. The summed E-state index contributed by atoms with van der Waals surface area (Å²) in [4.78, 5) is 11.9. The Hall–Kier alpha value is -2.36. The van der Waals surface area contributed by atoms with E-state index in [0.29, 0.717) is 11.3 Å². The van der Waals surface area contributed by atoms with Crippen molar-refractivity contribution in [2.45, 2.75) is 6.04 Å². The van der Waals surface area contributed by atoms with Gasteiger partial charge in [-0.25, -0.2) is 4.39 Å². The van der Waals surface area contributed by atoms with Crippen LogP contribution in [0.1, 0.15) is 11.6 Å². The number of fused-ring (bicyclic) bond motifs is 1. The van der Waals surface area contributed by atoms with Crippen molar-refractivity contribution in [1.82, 2.24) is 0 Å². The Balaban J connectivity index is 1.94. The van der Waals surface area contributed by atoms with Gasteiger partial charge in [0.15, 0.2) is 0 Å². The van der Waals surface area contributed by atoms with Gasteiger partial charge in [-0.2, -0.15) is 0 Å². The third-order valence-electron chi connectivity index (χ3n) is 2.93. The summed E-state index contributed by atoms with van der Waals surface area (Å²) in [6.45, 7) is 0. The zero-order valence-electron chi connectivity index (χ0n) is 9.48. The average molecular weight is 242 g/mol. The first-order valence-electron chi connectivity index (χ1n) is 5.66. The second-order valence-electron chi connectivity index (χ2n) is 4.16. The molecule has 3 nitrogen and oxygen atoms in total. The first-order valence-corrected chi connectivity index (χ1v) is 5.66. The van der Waals surface area contributed by atoms with Gasteiger partial charge in [0.05, 0.1) is 0 Å². The van der Waals surface area contributed by atoms with Gasteiger partial charge < -0.3 is 10.6 Å². The topological polar surface area (TPSA) is 41.1 Å². The maximum atomic E-state index is 13.2. The molecule has 0 spiro atoms. The van der Waals surface area contributed by atoms with Crippen molar-refractivity contribution < 1.29 is 9.18 Å². The van der Waals surface area contributed by atoms with Crippen LogP contribution in [0.4, 0.5) is 15.8 Å². The van der Waals surface area contributed by atoms with Crippen LogP contribution in [-0.4, -0.2) is 5.91 Å². The van der Waals surface area contributed by atoms with Gasteiger partial charge in [-0.1, -0.05) is 18.2 Å². The fraction of sp³-hybridized carbons (Fsp3) is 0.0714. The number of hydrogen-bond donors (Lipinski definition) is 2. The number of benzene rings is 2. The molecule has 2 aromatic carbocycles. The number of rotatable bonds is 2. The van der Waals surface area contributed by atoms with Crippen LogP contribution >= 0.6 is 0 Å². The van der Waals surface area contributed by atoms with E-state index < -0.39 is 6.04 Å².